The normalized spacial score (nSPS) is 12.1. The maximum absolute atomic E-state index is 11.2. The lowest BCUT2D eigenvalue weighted by molar-refractivity contribution is 0.0558. The third-order valence-corrected chi connectivity index (χ3v) is 2.28. The average molecular weight is 233 g/mol. The Morgan fingerprint density at radius 1 is 1.47 bits per heavy atom. The summed E-state index contributed by atoms with van der Waals surface area (Å²) in [6.45, 7) is 0. The molecule has 1 atom stereocenters. The molecule has 0 saturated heterocycles. The largest absolute Gasteiger partial charge is 0.463 e. The summed E-state index contributed by atoms with van der Waals surface area (Å²) in [7, 11) is 1.27. The van der Waals surface area contributed by atoms with Crippen LogP contribution < -0.4 is 0 Å². The Kier molecular flexibility index (Phi) is 3.20. The lowest BCUT2D eigenvalue weighted by Crippen LogP contribution is -2.00. The molecule has 2 rings (SSSR count). The summed E-state index contributed by atoms with van der Waals surface area (Å²) in [5, 5.41) is 9.97. The van der Waals surface area contributed by atoms with Gasteiger partial charge in [-0.05, 0) is 18.2 Å². The van der Waals surface area contributed by atoms with Crippen molar-refractivity contribution in [2.75, 3.05) is 7.11 Å². The van der Waals surface area contributed by atoms with Crippen LogP contribution in [0.25, 0.3) is 0 Å². The molecule has 0 spiro atoms. The van der Waals surface area contributed by atoms with Gasteiger partial charge in [0, 0.05) is 18.0 Å². The first-order valence-electron chi connectivity index (χ1n) is 4.98. The Bertz CT molecular complexity index is 506. The first-order chi connectivity index (χ1) is 8.22. The minimum atomic E-state index is -0.942. The number of methoxy groups -OCH3 is 1. The summed E-state index contributed by atoms with van der Waals surface area (Å²) in [5.74, 6) is -0.238. The van der Waals surface area contributed by atoms with Gasteiger partial charge < -0.3 is 14.3 Å². The summed E-state index contributed by atoms with van der Waals surface area (Å²) in [4.78, 5) is 15.1. The first kappa shape index (κ1) is 11.3. The standard InChI is InChI=1S/C12H11NO4/c1-16-12(15)10-5-4-9(17-10)11(14)8-3-2-6-13-7-8/h2-7,11,14H,1H3. The van der Waals surface area contributed by atoms with E-state index in [1.54, 1.807) is 18.3 Å². The van der Waals surface area contributed by atoms with E-state index < -0.39 is 12.1 Å². The number of nitrogens with zero attached hydrogens (tertiary/aromatic N) is 1. The minimum Gasteiger partial charge on any atom is -0.463 e. The second-order valence-corrected chi connectivity index (χ2v) is 3.38. The number of aliphatic hydroxyl groups excluding tert-OH is 1. The molecule has 0 aliphatic rings. The number of ether oxygens (including phenoxy) is 1. The van der Waals surface area contributed by atoms with Gasteiger partial charge in [0.25, 0.3) is 0 Å². The molecule has 5 heteroatoms. The highest BCUT2D eigenvalue weighted by Gasteiger charge is 2.17. The predicted octanol–water partition coefficient (Wildman–Crippen LogP) is 1.54. The highest BCUT2D eigenvalue weighted by atomic mass is 16.5. The zero-order valence-corrected chi connectivity index (χ0v) is 9.16. The van der Waals surface area contributed by atoms with Crippen LogP contribution >= 0.6 is 0 Å². The second kappa shape index (κ2) is 4.80. The molecule has 0 amide bonds. The number of aliphatic hydroxyl groups is 1. The fourth-order valence-electron chi connectivity index (χ4n) is 1.41. The topological polar surface area (TPSA) is 72.6 Å². The summed E-state index contributed by atoms with van der Waals surface area (Å²) >= 11 is 0. The molecular formula is C12H11NO4. The molecule has 0 aliphatic carbocycles. The van der Waals surface area contributed by atoms with Gasteiger partial charge in [0.1, 0.15) is 11.9 Å². The van der Waals surface area contributed by atoms with Gasteiger partial charge in [0.2, 0.25) is 5.76 Å². The Morgan fingerprint density at radius 2 is 2.29 bits per heavy atom. The summed E-state index contributed by atoms with van der Waals surface area (Å²) in [6.07, 6.45) is 2.20. The van der Waals surface area contributed by atoms with Crippen LogP contribution in [0.1, 0.15) is 28.0 Å². The van der Waals surface area contributed by atoms with Crippen LogP contribution in [0.3, 0.4) is 0 Å². The van der Waals surface area contributed by atoms with Gasteiger partial charge in [-0.25, -0.2) is 4.79 Å². The van der Waals surface area contributed by atoms with Crippen molar-refractivity contribution >= 4 is 5.97 Å². The van der Waals surface area contributed by atoms with E-state index in [4.69, 9.17) is 4.42 Å². The molecule has 1 N–H and O–H groups in total. The lowest BCUT2D eigenvalue weighted by Gasteiger charge is -2.06. The molecule has 1 unspecified atom stereocenters. The van der Waals surface area contributed by atoms with Crippen molar-refractivity contribution in [2.24, 2.45) is 0 Å². The molecular weight excluding hydrogens is 222 g/mol. The SMILES string of the molecule is COC(=O)c1ccc(C(O)c2cccnc2)o1. The fourth-order valence-corrected chi connectivity index (χ4v) is 1.41. The Hall–Kier alpha value is -2.14. The maximum Gasteiger partial charge on any atom is 0.373 e. The monoisotopic (exact) mass is 233 g/mol. The maximum atomic E-state index is 11.2. The number of hydrogen-bond acceptors (Lipinski definition) is 5. The van der Waals surface area contributed by atoms with Crippen LogP contribution in [0.4, 0.5) is 0 Å². The Morgan fingerprint density at radius 3 is 2.94 bits per heavy atom. The molecule has 0 aliphatic heterocycles. The Labute approximate surface area is 97.7 Å². The van der Waals surface area contributed by atoms with Crippen LogP contribution in [0.2, 0.25) is 0 Å². The van der Waals surface area contributed by atoms with Crippen molar-refractivity contribution in [2.45, 2.75) is 6.10 Å². The van der Waals surface area contributed by atoms with Crippen molar-refractivity contribution in [1.82, 2.24) is 4.98 Å². The zero-order chi connectivity index (χ0) is 12.3. The van der Waals surface area contributed by atoms with Crippen LogP contribution in [-0.2, 0) is 4.74 Å². The van der Waals surface area contributed by atoms with Crippen molar-refractivity contribution in [3.63, 3.8) is 0 Å². The molecule has 0 aromatic carbocycles. The van der Waals surface area contributed by atoms with Gasteiger partial charge in [-0.1, -0.05) is 6.07 Å². The predicted molar refractivity (Wildman–Crippen MR) is 58.3 cm³/mol. The highest BCUT2D eigenvalue weighted by molar-refractivity contribution is 5.86. The number of pyridine rings is 1. The molecule has 0 fully saturated rings. The van der Waals surface area contributed by atoms with E-state index in [1.165, 1.54) is 25.4 Å². The smallest absolute Gasteiger partial charge is 0.373 e. The molecule has 0 saturated carbocycles. The second-order valence-electron chi connectivity index (χ2n) is 3.38. The summed E-state index contributed by atoms with van der Waals surface area (Å²) in [6, 6.07) is 6.42. The lowest BCUT2D eigenvalue weighted by atomic mass is 10.1. The quantitative estimate of drug-likeness (QED) is 0.814. The Balaban J connectivity index is 2.23. The van der Waals surface area contributed by atoms with Crippen molar-refractivity contribution in [3.05, 3.63) is 53.7 Å². The van der Waals surface area contributed by atoms with Crippen molar-refractivity contribution < 1.29 is 19.1 Å². The van der Waals surface area contributed by atoms with Gasteiger partial charge in [0.15, 0.2) is 0 Å². The van der Waals surface area contributed by atoms with E-state index in [0.717, 1.165) is 0 Å². The summed E-state index contributed by atoms with van der Waals surface area (Å²) in [5.41, 5.74) is 0.596. The van der Waals surface area contributed by atoms with E-state index in [1.807, 2.05) is 0 Å². The molecule has 2 aromatic heterocycles. The van der Waals surface area contributed by atoms with E-state index in [9.17, 15) is 9.90 Å². The number of carbonyl (C=O) groups is 1. The summed E-state index contributed by atoms with van der Waals surface area (Å²) < 4.78 is 9.71. The van der Waals surface area contributed by atoms with Gasteiger partial charge in [-0.3, -0.25) is 4.98 Å². The van der Waals surface area contributed by atoms with E-state index >= 15 is 0 Å². The molecule has 2 aromatic rings. The van der Waals surface area contributed by atoms with E-state index in [2.05, 4.69) is 9.72 Å². The van der Waals surface area contributed by atoms with Gasteiger partial charge in [-0.2, -0.15) is 0 Å². The zero-order valence-electron chi connectivity index (χ0n) is 9.16. The molecule has 5 nitrogen and oxygen atoms in total. The number of rotatable bonds is 3. The number of esters is 1. The van der Waals surface area contributed by atoms with Gasteiger partial charge in [0.05, 0.1) is 7.11 Å². The molecule has 0 radical (unpaired) electrons. The van der Waals surface area contributed by atoms with Crippen molar-refractivity contribution in [1.29, 1.82) is 0 Å². The molecule has 0 bridgehead atoms. The van der Waals surface area contributed by atoms with Crippen molar-refractivity contribution in [3.8, 4) is 0 Å². The number of hydrogen-bond donors (Lipinski definition) is 1. The third-order valence-electron chi connectivity index (χ3n) is 2.28. The van der Waals surface area contributed by atoms with Crippen LogP contribution in [0.15, 0.2) is 41.1 Å². The highest BCUT2D eigenvalue weighted by Crippen LogP contribution is 2.23. The number of aromatic nitrogens is 1. The first-order valence-corrected chi connectivity index (χ1v) is 4.98. The van der Waals surface area contributed by atoms with Crippen LogP contribution in [0.5, 0.6) is 0 Å². The molecule has 88 valence electrons. The van der Waals surface area contributed by atoms with E-state index in [0.29, 0.717) is 5.56 Å². The number of carbonyl (C=O) groups excluding carboxylic acids is 1. The van der Waals surface area contributed by atoms with Crippen LogP contribution in [0, 0.1) is 0 Å². The van der Waals surface area contributed by atoms with Gasteiger partial charge in [-0.15, -0.1) is 0 Å². The average Bonchev–Trinajstić information content (AvgIpc) is 2.87. The minimum absolute atomic E-state index is 0.0606. The van der Waals surface area contributed by atoms with Gasteiger partial charge >= 0.3 is 5.97 Å². The molecule has 2 heterocycles. The van der Waals surface area contributed by atoms with E-state index in [-0.39, 0.29) is 11.5 Å². The number of furan rings is 1. The van der Waals surface area contributed by atoms with Crippen LogP contribution in [-0.4, -0.2) is 23.2 Å². The fraction of sp³-hybridized carbons (Fsp3) is 0.167. The molecule has 17 heavy (non-hydrogen) atoms. The third kappa shape index (κ3) is 2.34.